The van der Waals surface area contributed by atoms with Gasteiger partial charge in [0.05, 0.1) is 0 Å². The van der Waals surface area contributed by atoms with Gasteiger partial charge in [-0.1, -0.05) is 151 Å². The van der Waals surface area contributed by atoms with Gasteiger partial charge in [-0.3, -0.25) is 0 Å². The zero-order valence-electron chi connectivity index (χ0n) is 30.8. The van der Waals surface area contributed by atoms with Gasteiger partial charge in [-0.05, 0) is 62.6 Å². The monoisotopic (exact) mass is 654 g/mol. The highest BCUT2D eigenvalue weighted by molar-refractivity contribution is 7.43. The van der Waals surface area contributed by atoms with Crippen molar-refractivity contribution in [1.82, 2.24) is 0 Å². The number of para-hydroxylation sites is 2. The number of phenols is 1. The fraction of sp³-hybridized carbons (Fsp3) is 0.429. The van der Waals surface area contributed by atoms with E-state index in [2.05, 4.69) is 114 Å². The van der Waals surface area contributed by atoms with Gasteiger partial charge in [0.2, 0.25) is 0 Å². The van der Waals surface area contributed by atoms with E-state index in [1.807, 2.05) is 60.7 Å². The minimum atomic E-state index is -1.92. The summed E-state index contributed by atoms with van der Waals surface area (Å²) in [6, 6.07) is 28.2. The van der Waals surface area contributed by atoms with E-state index in [4.69, 9.17) is 13.6 Å². The van der Waals surface area contributed by atoms with Gasteiger partial charge in [-0.2, -0.15) is 0 Å². The Hall–Kier alpha value is -3.49. The van der Waals surface area contributed by atoms with Crippen molar-refractivity contribution in [2.75, 3.05) is 0 Å². The van der Waals surface area contributed by atoms with Crippen LogP contribution in [0.4, 0.5) is 0 Å². The first-order valence-electron chi connectivity index (χ1n) is 16.7. The quantitative estimate of drug-likeness (QED) is 0.192. The molecule has 0 saturated heterocycles. The number of benzene rings is 4. The second kappa shape index (κ2) is 13.6. The molecule has 0 amide bonds. The fourth-order valence-electron chi connectivity index (χ4n) is 5.49. The van der Waals surface area contributed by atoms with Crippen molar-refractivity contribution in [2.24, 2.45) is 0 Å². The van der Waals surface area contributed by atoms with Gasteiger partial charge in [0.15, 0.2) is 0 Å². The molecule has 1 atom stereocenters. The van der Waals surface area contributed by atoms with Crippen LogP contribution in [0.3, 0.4) is 0 Å². The van der Waals surface area contributed by atoms with Crippen LogP contribution in [0.5, 0.6) is 23.0 Å². The molecule has 0 saturated carbocycles. The summed E-state index contributed by atoms with van der Waals surface area (Å²) in [4.78, 5) is 0. The predicted molar refractivity (Wildman–Crippen MR) is 199 cm³/mol. The molecule has 0 fully saturated rings. The van der Waals surface area contributed by atoms with Crippen molar-refractivity contribution in [3.63, 3.8) is 0 Å². The second-order valence-corrected chi connectivity index (χ2v) is 17.7. The highest BCUT2D eigenvalue weighted by atomic mass is 31.2. The minimum Gasteiger partial charge on any atom is -0.507 e. The molecule has 0 radical (unpaired) electrons. The average Bonchev–Trinajstić information content (AvgIpc) is 2.95. The molecular weight excluding hydrogens is 599 g/mol. The second-order valence-electron chi connectivity index (χ2n) is 16.7. The van der Waals surface area contributed by atoms with Crippen molar-refractivity contribution in [3.8, 4) is 23.0 Å². The highest BCUT2D eigenvalue weighted by Crippen LogP contribution is 2.51. The lowest BCUT2D eigenvalue weighted by atomic mass is 9.74. The maximum absolute atomic E-state index is 12.0. The van der Waals surface area contributed by atoms with E-state index in [1.165, 1.54) is 11.1 Å². The van der Waals surface area contributed by atoms with Crippen LogP contribution in [-0.4, -0.2) is 5.11 Å². The predicted octanol–water partition coefficient (Wildman–Crippen LogP) is 12.5. The van der Waals surface area contributed by atoms with Crippen LogP contribution in [0.1, 0.15) is 129 Å². The summed E-state index contributed by atoms with van der Waals surface area (Å²) in [5, 5.41) is 12.0. The maximum atomic E-state index is 12.0. The maximum Gasteiger partial charge on any atom is 0.530 e. The van der Waals surface area contributed by atoms with Crippen LogP contribution in [0.2, 0.25) is 0 Å². The number of aromatic hydroxyl groups is 1. The molecule has 0 aliphatic rings. The normalized spacial score (nSPS) is 13.4. The van der Waals surface area contributed by atoms with Crippen LogP contribution < -0.4 is 13.6 Å². The Morgan fingerprint density at radius 2 is 0.915 bits per heavy atom. The molecule has 4 aromatic rings. The summed E-state index contributed by atoms with van der Waals surface area (Å²) in [7, 11) is -1.92. The first-order valence-corrected chi connectivity index (χ1v) is 17.8. The Kier molecular flexibility index (Phi) is 10.5. The van der Waals surface area contributed by atoms with Crippen molar-refractivity contribution < 1.29 is 18.7 Å². The van der Waals surface area contributed by atoms with E-state index in [1.54, 1.807) is 0 Å². The first-order chi connectivity index (χ1) is 21.7. The molecule has 0 aliphatic heterocycles. The minimum absolute atomic E-state index is 0.104. The third-order valence-corrected chi connectivity index (χ3v) is 9.60. The van der Waals surface area contributed by atoms with Crippen molar-refractivity contribution in [3.05, 3.63) is 118 Å². The molecule has 1 unspecified atom stereocenters. The highest BCUT2D eigenvalue weighted by Gasteiger charge is 2.34. The molecular formula is C42H55O4P. The zero-order chi connectivity index (χ0) is 34.9. The number of hydrogen-bond acceptors (Lipinski definition) is 4. The third kappa shape index (κ3) is 8.90. The molecule has 4 nitrogen and oxygen atoms in total. The molecule has 0 bridgehead atoms. The van der Waals surface area contributed by atoms with Gasteiger partial charge < -0.3 is 18.7 Å². The largest absolute Gasteiger partial charge is 0.530 e. The molecule has 47 heavy (non-hydrogen) atoms. The van der Waals surface area contributed by atoms with Gasteiger partial charge in [0.25, 0.3) is 0 Å². The smallest absolute Gasteiger partial charge is 0.507 e. The summed E-state index contributed by atoms with van der Waals surface area (Å²) < 4.78 is 19.9. The van der Waals surface area contributed by atoms with E-state index in [0.29, 0.717) is 17.2 Å². The van der Waals surface area contributed by atoms with Crippen molar-refractivity contribution >= 4 is 8.60 Å². The number of rotatable bonds is 8. The Morgan fingerprint density at radius 3 is 1.32 bits per heavy atom. The van der Waals surface area contributed by atoms with E-state index < -0.39 is 8.60 Å². The van der Waals surface area contributed by atoms with Gasteiger partial charge >= 0.3 is 8.60 Å². The fourth-order valence-corrected chi connectivity index (χ4v) is 6.54. The van der Waals surface area contributed by atoms with Crippen LogP contribution >= 0.6 is 8.60 Å². The standard InChI is InChI=1S/C42H55O4P/c1-28(33-24-29(39(2,3)4)26-35(37(33)43)41(8,9)10)34-25-30(40(5,6)7)27-36(42(11,12)13)38(34)46-47(44-31-20-16-14-17-21-31)45-32-22-18-15-19-23-32/h14-28,43H,1-13H3. The number of phenolic OH excluding ortho intramolecular Hbond substituents is 1. The molecule has 1 N–H and O–H groups in total. The summed E-state index contributed by atoms with van der Waals surface area (Å²) in [5.74, 6) is 2.19. The van der Waals surface area contributed by atoms with E-state index >= 15 is 0 Å². The van der Waals surface area contributed by atoms with E-state index in [0.717, 1.165) is 28.0 Å². The topological polar surface area (TPSA) is 47.9 Å². The van der Waals surface area contributed by atoms with Gasteiger partial charge in [0.1, 0.15) is 23.0 Å². The lowest BCUT2D eigenvalue weighted by molar-refractivity contribution is 0.379. The molecule has 0 aromatic heterocycles. The summed E-state index contributed by atoms with van der Waals surface area (Å²) in [6.07, 6.45) is 0. The van der Waals surface area contributed by atoms with Gasteiger partial charge in [-0.15, -0.1) is 0 Å². The van der Waals surface area contributed by atoms with Crippen LogP contribution in [0.25, 0.3) is 0 Å². The van der Waals surface area contributed by atoms with Gasteiger partial charge in [0, 0.05) is 22.6 Å². The average molecular weight is 655 g/mol. The molecule has 0 aliphatic carbocycles. The molecule has 0 spiro atoms. The van der Waals surface area contributed by atoms with E-state index in [-0.39, 0.29) is 27.6 Å². The van der Waals surface area contributed by atoms with Crippen LogP contribution in [-0.2, 0) is 21.7 Å². The molecule has 0 heterocycles. The molecule has 4 aromatic carbocycles. The summed E-state index contributed by atoms with van der Waals surface area (Å²) >= 11 is 0. The number of hydrogen-bond donors (Lipinski definition) is 1. The SMILES string of the molecule is CC(c1cc(C(C)(C)C)cc(C(C)(C)C)c1O)c1cc(C(C)(C)C)cc(C(C)(C)C)c1OP(Oc1ccccc1)Oc1ccccc1. The lowest BCUT2D eigenvalue weighted by Gasteiger charge is -2.33. The Labute approximate surface area is 285 Å². The molecule has 5 heteroatoms. The Bertz CT molecular complexity index is 1610. The van der Waals surface area contributed by atoms with Gasteiger partial charge in [-0.25, -0.2) is 0 Å². The van der Waals surface area contributed by atoms with E-state index in [9.17, 15) is 5.11 Å². The molecule has 252 valence electrons. The third-order valence-electron chi connectivity index (χ3n) is 8.55. The van der Waals surface area contributed by atoms with Crippen molar-refractivity contribution in [2.45, 2.75) is 118 Å². The van der Waals surface area contributed by atoms with Crippen molar-refractivity contribution in [1.29, 1.82) is 0 Å². The summed E-state index contributed by atoms with van der Waals surface area (Å²) in [5.41, 5.74) is 5.54. The lowest BCUT2D eigenvalue weighted by Crippen LogP contribution is -2.21. The van der Waals surface area contributed by atoms with Crippen LogP contribution in [0.15, 0.2) is 84.9 Å². The first kappa shape index (κ1) is 36.3. The summed E-state index contributed by atoms with van der Waals surface area (Å²) in [6.45, 7) is 28.7. The Balaban J connectivity index is 2.00. The zero-order valence-corrected chi connectivity index (χ0v) is 31.7. The van der Waals surface area contributed by atoms with Crippen LogP contribution in [0, 0.1) is 0 Å². The Morgan fingerprint density at radius 1 is 0.511 bits per heavy atom. The molecule has 4 rings (SSSR count).